The monoisotopic (exact) mass is 277 g/mol. The van der Waals surface area contributed by atoms with Gasteiger partial charge in [-0.2, -0.15) is 0 Å². The third kappa shape index (κ3) is 3.70. The zero-order chi connectivity index (χ0) is 14.4. The molecule has 5 nitrogen and oxygen atoms in total. The van der Waals surface area contributed by atoms with E-state index in [4.69, 9.17) is 4.74 Å². The topological polar surface area (TPSA) is 54.5 Å². The largest absolute Gasteiger partial charge is 0.380 e. The number of rotatable bonds is 5. The molecule has 0 bridgehead atoms. The van der Waals surface area contributed by atoms with Gasteiger partial charge < -0.3 is 15.0 Å². The molecule has 0 aromatic carbocycles. The Bertz CT molecular complexity index is 450. The fraction of sp³-hybridized carbons (Fsp3) is 0.600. The van der Waals surface area contributed by atoms with Gasteiger partial charge in [-0.05, 0) is 31.4 Å². The highest BCUT2D eigenvalue weighted by atomic mass is 16.5. The van der Waals surface area contributed by atoms with Gasteiger partial charge in [-0.25, -0.2) is 4.98 Å². The molecule has 1 fully saturated rings. The number of nitrogens with one attached hydrogen (secondary N) is 1. The van der Waals surface area contributed by atoms with Gasteiger partial charge in [0.05, 0.1) is 6.10 Å². The number of piperidine rings is 1. The summed E-state index contributed by atoms with van der Waals surface area (Å²) in [5, 5.41) is 3.21. The van der Waals surface area contributed by atoms with Crippen LogP contribution in [0.25, 0.3) is 0 Å². The number of likely N-dealkylation sites (tertiary alicyclic amines) is 1. The molecule has 1 amide bonds. The molecule has 5 heteroatoms. The molecule has 1 N–H and O–H groups in total. The molecule has 0 radical (unpaired) electrons. The summed E-state index contributed by atoms with van der Waals surface area (Å²) >= 11 is 0. The molecule has 20 heavy (non-hydrogen) atoms. The van der Waals surface area contributed by atoms with E-state index in [1.54, 1.807) is 13.2 Å². The Morgan fingerprint density at radius 2 is 2.40 bits per heavy atom. The summed E-state index contributed by atoms with van der Waals surface area (Å²) in [6.45, 7) is 4.40. The lowest BCUT2D eigenvalue weighted by Gasteiger charge is -2.31. The Morgan fingerprint density at radius 1 is 1.55 bits per heavy atom. The Balaban J connectivity index is 2.04. The minimum Gasteiger partial charge on any atom is -0.380 e. The summed E-state index contributed by atoms with van der Waals surface area (Å²) in [4.78, 5) is 18.7. The fourth-order valence-electron chi connectivity index (χ4n) is 2.38. The number of hydrogen-bond acceptors (Lipinski definition) is 4. The van der Waals surface area contributed by atoms with Gasteiger partial charge in [0.1, 0.15) is 11.5 Å². The summed E-state index contributed by atoms with van der Waals surface area (Å²) in [5.41, 5.74) is 0.503. The van der Waals surface area contributed by atoms with Crippen LogP contribution in [0.15, 0.2) is 18.2 Å². The molecule has 1 unspecified atom stereocenters. The molecule has 1 saturated heterocycles. The zero-order valence-corrected chi connectivity index (χ0v) is 12.3. The van der Waals surface area contributed by atoms with E-state index in [1.165, 1.54) is 0 Å². The highest BCUT2D eigenvalue weighted by molar-refractivity contribution is 5.92. The molecule has 1 aliphatic heterocycles. The molecule has 0 spiro atoms. The normalized spacial score (nSPS) is 18.9. The first-order valence-corrected chi connectivity index (χ1v) is 7.27. The van der Waals surface area contributed by atoms with Gasteiger partial charge in [0.15, 0.2) is 0 Å². The highest BCUT2D eigenvalue weighted by Crippen LogP contribution is 2.15. The average molecular weight is 277 g/mol. The van der Waals surface area contributed by atoms with Crippen molar-refractivity contribution in [3.05, 3.63) is 23.9 Å². The molecule has 110 valence electrons. The summed E-state index contributed by atoms with van der Waals surface area (Å²) in [5.74, 6) is 0.755. The van der Waals surface area contributed by atoms with Crippen LogP contribution in [0.3, 0.4) is 0 Å². The molecule has 0 saturated carbocycles. The maximum Gasteiger partial charge on any atom is 0.272 e. The van der Waals surface area contributed by atoms with Crippen LogP contribution in [-0.2, 0) is 4.74 Å². The van der Waals surface area contributed by atoms with Crippen molar-refractivity contribution < 1.29 is 9.53 Å². The van der Waals surface area contributed by atoms with Crippen LogP contribution in [0, 0.1) is 0 Å². The zero-order valence-electron chi connectivity index (χ0n) is 12.3. The smallest absolute Gasteiger partial charge is 0.272 e. The summed E-state index contributed by atoms with van der Waals surface area (Å²) in [6, 6.07) is 5.53. The minimum absolute atomic E-state index is 0.00750. The molecule has 1 aliphatic rings. The summed E-state index contributed by atoms with van der Waals surface area (Å²) in [7, 11) is 1.70. The van der Waals surface area contributed by atoms with Gasteiger partial charge in [-0.3, -0.25) is 4.79 Å². The van der Waals surface area contributed by atoms with Crippen molar-refractivity contribution >= 4 is 11.7 Å². The maximum absolute atomic E-state index is 12.5. The molecule has 1 atom stereocenters. The number of carbonyl (C=O) groups is 1. The van der Waals surface area contributed by atoms with Gasteiger partial charge in [-0.15, -0.1) is 0 Å². The third-order valence-electron chi connectivity index (χ3n) is 3.52. The highest BCUT2D eigenvalue weighted by Gasteiger charge is 2.25. The lowest BCUT2D eigenvalue weighted by Crippen LogP contribution is -2.43. The lowest BCUT2D eigenvalue weighted by atomic mass is 10.1. The van der Waals surface area contributed by atoms with Crippen LogP contribution in [0.1, 0.15) is 36.7 Å². The molecule has 1 aromatic heterocycles. The number of hydrogen-bond donors (Lipinski definition) is 1. The molecule has 2 rings (SSSR count). The Hall–Kier alpha value is -1.62. The van der Waals surface area contributed by atoms with Gasteiger partial charge in [0, 0.05) is 26.7 Å². The van der Waals surface area contributed by atoms with Crippen molar-refractivity contribution in [3.8, 4) is 0 Å². The van der Waals surface area contributed by atoms with E-state index in [2.05, 4.69) is 17.2 Å². The van der Waals surface area contributed by atoms with Crippen LogP contribution in [0.5, 0.6) is 0 Å². The maximum atomic E-state index is 12.5. The van der Waals surface area contributed by atoms with Crippen molar-refractivity contribution in [1.29, 1.82) is 0 Å². The van der Waals surface area contributed by atoms with Crippen molar-refractivity contribution in [2.45, 2.75) is 32.3 Å². The predicted molar refractivity (Wildman–Crippen MR) is 79.0 cm³/mol. The van der Waals surface area contributed by atoms with E-state index >= 15 is 0 Å². The van der Waals surface area contributed by atoms with Crippen LogP contribution in [-0.4, -0.2) is 48.6 Å². The lowest BCUT2D eigenvalue weighted by molar-refractivity contribution is 0.0266. The van der Waals surface area contributed by atoms with E-state index in [0.29, 0.717) is 12.2 Å². The van der Waals surface area contributed by atoms with Crippen LogP contribution >= 0.6 is 0 Å². The summed E-state index contributed by atoms with van der Waals surface area (Å²) < 4.78 is 5.36. The van der Waals surface area contributed by atoms with Crippen molar-refractivity contribution in [2.24, 2.45) is 0 Å². The number of pyridine rings is 1. The Morgan fingerprint density at radius 3 is 3.15 bits per heavy atom. The van der Waals surface area contributed by atoms with Crippen LogP contribution < -0.4 is 5.32 Å². The standard InChI is InChI=1S/C15H23N3O2/c1-3-9-16-14-8-4-7-13(17-14)15(19)18-10-5-6-12(11-18)20-2/h4,7-8,12H,3,5-6,9-11H2,1-2H3,(H,16,17). The van der Waals surface area contributed by atoms with E-state index in [-0.39, 0.29) is 12.0 Å². The van der Waals surface area contributed by atoms with Crippen molar-refractivity contribution in [1.82, 2.24) is 9.88 Å². The Labute approximate surface area is 120 Å². The van der Waals surface area contributed by atoms with Gasteiger partial charge in [0.2, 0.25) is 0 Å². The third-order valence-corrected chi connectivity index (χ3v) is 3.52. The predicted octanol–water partition coefficient (Wildman–Crippen LogP) is 2.15. The molecule has 1 aromatic rings. The number of anilines is 1. The van der Waals surface area contributed by atoms with E-state index in [9.17, 15) is 4.79 Å². The second-order valence-electron chi connectivity index (χ2n) is 5.09. The first kappa shape index (κ1) is 14.8. The van der Waals surface area contributed by atoms with Crippen LogP contribution in [0.2, 0.25) is 0 Å². The van der Waals surface area contributed by atoms with Crippen molar-refractivity contribution in [3.63, 3.8) is 0 Å². The van der Waals surface area contributed by atoms with Crippen LogP contribution in [0.4, 0.5) is 5.82 Å². The number of amides is 1. The summed E-state index contributed by atoms with van der Waals surface area (Å²) in [6.07, 6.45) is 3.18. The number of ether oxygens (including phenoxy) is 1. The number of nitrogens with zero attached hydrogens (tertiary/aromatic N) is 2. The molecular weight excluding hydrogens is 254 g/mol. The SMILES string of the molecule is CCCNc1cccc(C(=O)N2CCCC(OC)C2)n1. The first-order valence-electron chi connectivity index (χ1n) is 7.27. The molecule has 0 aliphatic carbocycles. The van der Waals surface area contributed by atoms with E-state index in [1.807, 2.05) is 17.0 Å². The Kier molecular flexibility index (Phi) is 5.35. The average Bonchev–Trinajstić information content (AvgIpc) is 2.52. The van der Waals surface area contributed by atoms with Gasteiger partial charge in [-0.1, -0.05) is 13.0 Å². The van der Waals surface area contributed by atoms with Gasteiger partial charge >= 0.3 is 0 Å². The van der Waals surface area contributed by atoms with E-state index < -0.39 is 0 Å². The van der Waals surface area contributed by atoms with Gasteiger partial charge in [0.25, 0.3) is 5.91 Å². The fourth-order valence-corrected chi connectivity index (χ4v) is 2.38. The minimum atomic E-state index is -0.00750. The number of aromatic nitrogens is 1. The van der Waals surface area contributed by atoms with Crippen molar-refractivity contribution in [2.75, 3.05) is 32.1 Å². The molecule has 2 heterocycles. The van der Waals surface area contributed by atoms with E-state index in [0.717, 1.165) is 38.2 Å². The quantitative estimate of drug-likeness (QED) is 0.896. The molecular formula is C15H23N3O2. The second kappa shape index (κ2) is 7.24. The second-order valence-corrected chi connectivity index (χ2v) is 5.09. The first-order chi connectivity index (χ1) is 9.74. The number of carbonyl (C=O) groups excluding carboxylic acids is 1. The number of methoxy groups -OCH3 is 1.